The summed E-state index contributed by atoms with van der Waals surface area (Å²) in [5, 5.41) is 3.36. The van der Waals surface area contributed by atoms with Crippen LogP contribution < -0.4 is 5.32 Å². The van der Waals surface area contributed by atoms with Crippen LogP contribution in [0.4, 0.5) is 5.13 Å². The number of anilines is 1. The Hall–Kier alpha value is -2.01. The number of carbonyl (C=O) groups is 2. The van der Waals surface area contributed by atoms with Crippen molar-refractivity contribution in [3.05, 3.63) is 46.5 Å². The third-order valence-electron chi connectivity index (χ3n) is 3.50. The number of hydrogen-bond acceptors (Lipinski definition) is 4. The fraction of sp³-hybridized carbons (Fsp3) is 0.312. The van der Waals surface area contributed by atoms with Gasteiger partial charge in [0.25, 0.3) is 0 Å². The molecule has 0 saturated carbocycles. The van der Waals surface area contributed by atoms with Crippen LogP contribution in [0.2, 0.25) is 0 Å². The normalized spacial score (nSPS) is 13.8. The summed E-state index contributed by atoms with van der Waals surface area (Å²) in [5.41, 5.74) is 1.98. The molecule has 3 rings (SSSR count). The summed E-state index contributed by atoms with van der Waals surface area (Å²) in [6, 6.07) is 9.91. The molecule has 108 valence electrons. The molecule has 0 radical (unpaired) electrons. The number of rotatable bonds is 4. The highest BCUT2D eigenvalue weighted by Gasteiger charge is 2.22. The molecule has 1 heterocycles. The summed E-state index contributed by atoms with van der Waals surface area (Å²) in [6.45, 7) is 0. The molecule has 1 aliphatic carbocycles. The molecule has 0 atom stereocenters. The third-order valence-corrected chi connectivity index (χ3v) is 4.55. The van der Waals surface area contributed by atoms with Gasteiger partial charge in [0.15, 0.2) is 10.9 Å². The zero-order valence-corrected chi connectivity index (χ0v) is 12.4. The van der Waals surface area contributed by atoms with Crippen LogP contribution in [-0.2, 0) is 17.6 Å². The topological polar surface area (TPSA) is 59.1 Å². The van der Waals surface area contributed by atoms with Gasteiger partial charge in [-0.15, -0.1) is 0 Å². The number of Topliss-reactive ketones (excluding diaryl/α,β-unsaturated/α-hetero) is 1. The summed E-state index contributed by atoms with van der Waals surface area (Å²) >= 11 is 1.30. The highest BCUT2D eigenvalue weighted by atomic mass is 32.1. The molecule has 0 bridgehead atoms. The Bertz CT molecular complexity index is 664. The molecule has 1 aromatic heterocycles. The van der Waals surface area contributed by atoms with Crippen LogP contribution in [-0.4, -0.2) is 16.7 Å². The third kappa shape index (κ3) is 3.36. The molecule has 0 spiro atoms. The van der Waals surface area contributed by atoms with E-state index in [0.717, 1.165) is 29.0 Å². The number of amides is 1. The number of ketones is 1. The molecule has 0 unspecified atom stereocenters. The molecule has 5 heteroatoms. The van der Waals surface area contributed by atoms with Crippen molar-refractivity contribution in [3.8, 4) is 0 Å². The predicted octanol–water partition coefficient (Wildman–Crippen LogP) is 3.23. The Kier molecular flexibility index (Phi) is 4.10. The van der Waals surface area contributed by atoms with Gasteiger partial charge in [0.1, 0.15) is 0 Å². The minimum Gasteiger partial charge on any atom is -0.302 e. The van der Waals surface area contributed by atoms with Crippen molar-refractivity contribution in [2.75, 3.05) is 5.32 Å². The molecule has 4 nitrogen and oxygen atoms in total. The highest BCUT2D eigenvalue weighted by Crippen LogP contribution is 2.29. The van der Waals surface area contributed by atoms with E-state index in [2.05, 4.69) is 10.3 Å². The maximum absolute atomic E-state index is 12.0. The van der Waals surface area contributed by atoms with E-state index in [0.29, 0.717) is 24.4 Å². The van der Waals surface area contributed by atoms with E-state index < -0.39 is 0 Å². The maximum Gasteiger partial charge on any atom is 0.226 e. The second-order valence-electron chi connectivity index (χ2n) is 5.11. The number of aromatic nitrogens is 1. The summed E-state index contributed by atoms with van der Waals surface area (Å²) < 4.78 is 0. The molecule has 2 aromatic rings. The zero-order valence-electron chi connectivity index (χ0n) is 11.6. The maximum atomic E-state index is 12.0. The Balaban J connectivity index is 1.59. The summed E-state index contributed by atoms with van der Waals surface area (Å²) in [7, 11) is 0. The van der Waals surface area contributed by atoms with Gasteiger partial charge in [0, 0.05) is 12.8 Å². The van der Waals surface area contributed by atoms with Crippen LogP contribution in [0.1, 0.15) is 40.2 Å². The summed E-state index contributed by atoms with van der Waals surface area (Å²) in [4.78, 5) is 28.8. The monoisotopic (exact) mass is 300 g/mol. The van der Waals surface area contributed by atoms with Gasteiger partial charge >= 0.3 is 0 Å². The van der Waals surface area contributed by atoms with Crippen molar-refractivity contribution < 1.29 is 9.59 Å². The first-order chi connectivity index (χ1) is 10.2. The van der Waals surface area contributed by atoms with E-state index in [1.54, 1.807) is 0 Å². The van der Waals surface area contributed by atoms with Crippen molar-refractivity contribution in [2.24, 2.45) is 0 Å². The number of fused-ring (bicyclic) bond motifs is 1. The minimum absolute atomic E-state index is 0.0580. The number of aryl methyl sites for hydroxylation is 2. The van der Waals surface area contributed by atoms with Gasteiger partial charge in [-0.2, -0.15) is 0 Å². The molecule has 1 amide bonds. The van der Waals surface area contributed by atoms with E-state index in [1.807, 2.05) is 30.3 Å². The second-order valence-corrected chi connectivity index (χ2v) is 6.10. The number of thiazole rings is 1. The van der Waals surface area contributed by atoms with Crippen LogP contribution in [0, 0.1) is 0 Å². The van der Waals surface area contributed by atoms with E-state index in [1.165, 1.54) is 11.3 Å². The van der Waals surface area contributed by atoms with Gasteiger partial charge in [0.05, 0.1) is 10.6 Å². The second kappa shape index (κ2) is 6.18. The van der Waals surface area contributed by atoms with Gasteiger partial charge in [-0.05, 0) is 24.8 Å². The standard InChI is InChI=1S/C16H16N2O2S/c19-13-8-4-7-12-15(13)21-16(17-12)18-14(20)10-9-11-5-2-1-3-6-11/h1-3,5-6H,4,7-10H2,(H,17,18,20). The molecular formula is C16H16N2O2S. The van der Waals surface area contributed by atoms with Crippen molar-refractivity contribution in [1.82, 2.24) is 4.98 Å². The SMILES string of the molecule is O=C(CCc1ccccc1)Nc1nc2c(s1)C(=O)CCC2. The fourth-order valence-corrected chi connectivity index (χ4v) is 3.40. The Morgan fingerprint density at radius 3 is 2.81 bits per heavy atom. The van der Waals surface area contributed by atoms with E-state index in [-0.39, 0.29) is 11.7 Å². The highest BCUT2D eigenvalue weighted by molar-refractivity contribution is 7.17. The molecule has 0 fully saturated rings. The van der Waals surface area contributed by atoms with Crippen LogP contribution in [0.5, 0.6) is 0 Å². The minimum atomic E-state index is -0.0580. The molecule has 1 N–H and O–H groups in total. The zero-order chi connectivity index (χ0) is 14.7. The largest absolute Gasteiger partial charge is 0.302 e. The molecule has 0 aliphatic heterocycles. The number of carbonyl (C=O) groups excluding carboxylic acids is 2. The number of nitrogens with zero attached hydrogens (tertiary/aromatic N) is 1. The van der Waals surface area contributed by atoms with Crippen molar-refractivity contribution in [3.63, 3.8) is 0 Å². The van der Waals surface area contributed by atoms with E-state index in [9.17, 15) is 9.59 Å². The molecule has 1 aromatic carbocycles. The van der Waals surface area contributed by atoms with E-state index >= 15 is 0 Å². The fourth-order valence-electron chi connectivity index (χ4n) is 2.41. The van der Waals surface area contributed by atoms with Gasteiger partial charge in [0.2, 0.25) is 5.91 Å². The van der Waals surface area contributed by atoms with Crippen molar-refractivity contribution in [2.45, 2.75) is 32.1 Å². The predicted molar refractivity (Wildman–Crippen MR) is 82.8 cm³/mol. The molecule has 1 aliphatic rings. The lowest BCUT2D eigenvalue weighted by atomic mass is 10.0. The Morgan fingerprint density at radius 2 is 2.05 bits per heavy atom. The summed E-state index contributed by atoms with van der Waals surface area (Å²) in [5.74, 6) is 0.0935. The van der Waals surface area contributed by atoms with Gasteiger partial charge in [-0.1, -0.05) is 41.7 Å². The van der Waals surface area contributed by atoms with Gasteiger partial charge < -0.3 is 5.32 Å². The molecule has 0 saturated heterocycles. The first kappa shape index (κ1) is 13.9. The average molecular weight is 300 g/mol. The number of nitrogens with one attached hydrogen (secondary N) is 1. The lowest BCUT2D eigenvalue weighted by Gasteiger charge is -2.05. The van der Waals surface area contributed by atoms with Gasteiger partial charge in [-0.25, -0.2) is 4.98 Å². The van der Waals surface area contributed by atoms with Crippen molar-refractivity contribution >= 4 is 28.2 Å². The molecule has 21 heavy (non-hydrogen) atoms. The van der Waals surface area contributed by atoms with Crippen LogP contribution in [0.3, 0.4) is 0 Å². The number of hydrogen-bond donors (Lipinski definition) is 1. The summed E-state index contributed by atoms with van der Waals surface area (Å²) in [6.07, 6.45) is 3.41. The van der Waals surface area contributed by atoms with Crippen molar-refractivity contribution in [1.29, 1.82) is 0 Å². The lowest BCUT2D eigenvalue weighted by molar-refractivity contribution is -0.116. The van der Waals surface area contributed by atoms with Crippen LogP contribution in [0.15, 0.2) is 30.3 Å². The van der Waals surface area contributed by atoms with Crippen LogP contribution in [0.25, 0.3) is 0 Å². The first-order valence-electron chi connectivity index (χ1n) is 7.09. The Morgan fingerprint density at radius 1 is 1.24 bits per heavy atom. The van der Waals surface area contributed by atoms with Crippen LogP contribution >= 0.6 is 11.3 Å². The smallest absolute Gasteiger partial charge is 0.226 e. The molecular weight excluding hydrogens is 284 g/mol. The average Bonchev–Trinajstić information content (AvgIpc) is 2.90. The number of benzene rings is 1. The quantitative estimate of drug-likeness (QED) is 0.943. The van der Waals surface area contributed by atoms with Gasteiger partial charge in [-0.3, -0.25) is 9.59 Å². The first-order valence-corrected chi connectivity index (χ1v) is 7.91. The van der Waals surface area contributed by atoms with E-state index in [4.69, 9.17) is 0 Å². The lowest BCUT2D eigenvalue weighted by Crippen LogP contribution is -2.12. The Labute approximate surface area is 127 Å².